The monoisotopic (exact) mass is 337 g/mol. The third kappa shape index (κ3) is 3.99. The number of hydrogen-bond acceptors (Lipinski definition) is 2. The first-order valence-corrected chi connectivity index (χ1v) is 8.54. The molecule has 0 aliphatic carbocycles. The number of urea groups is 1. The molecule has 3 amide bonds. The van der Waals surface area contributed by atoms with Crippen molar-refractivity contribution in [3.63, 3.8) is 0 Å². The summed E-state index contributed by atoms with van der Waals surface area (Å²) in [7, 11) is 0. The molecule has 5 heteroatoms. The van der Waals surface area contributed by atoms with Crippen LogP contribution in [-0.4, -0.2) is 24.5 Å². The summed E-state index contributed by atoms with van der Waals surface area (Å²) in [6.45, 7) is 4.83. The number of nitrogens with zero attached hydrogens (tertiary/aromatic N) is 1. The fraction of sp³-hybridized carbons (Fsp3) is 0.300. The predicted molar refractivity (Wildman–Crippen MR) is 98.5 cm³/mol. The highest BCUT2D eigenvalue weighted by molar-refractivity contribution is 6.00. The summed E-state index contributed by atoms with van der Waals surface area (Å²) in [5.41, 5.74) is 4.32. The fourth-order valence-corrected chi connectivity index (χ4v) is 3.00. The van der Waals surface area contributed by atoms with Crippen LogP contribution in [0.2, 0.25) is 0 Å². The van der Waals surface area contributed by atoms with Gasteiger partial charge in [-0.15, -0.1) is 0 Å². The van der Waals surface area contributed by atoms with E-state index in [-0.39, 0.29) is 11.9 Å². The summed E-state index contributed by atoms with van der Waals surface area (Å²) >= 11 is 0. The summed E-state index contributed by atoms with van der Waals surface area (Å²) in [5.74, 6) is -0.0876. The molecule has 0 unspecified atom stereocenters. The molecule has 1 aliphatic heterocycles. The highest BCUT2D eigenvalue weighted by Crippen LogP contribution is 2.27. The van der Waals surface area contributed by atoms with Crippen LogP contribution in [0.1, 0.15) is 23.6 Å². The van der Waals surface area contributed by atoms with E-state index in [2.05, 4.69) is 10.6 Å². The Balaban J connectivity index is 1.53. The number of carbonyl (C=O) groups excluding carboxylic acids is 2. The molecule has 3 rings (SSSR count). The van der Waals surface area contributed by atoms with Gasteiger partial charge in [0.05, 0.1) is 0 Å². The SMILES string of the molecule is Cc1ccc(CNC(=O)N[C@H](C)C(=O)N2CCc3ccccc32)cc1. The molecule has 0 radical (unpaired) electrons. The molecular weight excluding hydrogens is 314 g/mol. The van der Waals surface area contributed by atoms with Crippen LogP contribution in [0.5, 0.6) is 0 Å². The second-order valence-electron chi connectivity index (χ2n) is 6.40. The predicted octanol–water partition coefficient (Wildman–Crippen LogP) is 2.77. The molecule has 1 aliphatic rings. The second-order valence-corrected chi connectivity index (χ2v) is 6.40. The molecule has 1 atom stereocenters. The number of rotatable bonds is 4. The van der Waals surface area contributed by atoms with Gasteiger partial charge in [0.15, 0.2) is 0 Å². The standard InChI is InChI=1S/C20H23N3O2/c1-14-7-9-16(10-8-14)13-21-20(25)22-15(2)19(24)23-12-11-17-5-3-4-6-18(17)23/h3-10,15H,11-13H2,1-2H3,(H2,21,22,25)/t15-/m1/s1. The molecule has 0 saturated carbocycles. The topological polar surface area (TPSA) is 61.4 Å². The lowest BCUT2D eigenvalue weighted by atomic mass is 10.1. The zero-order valence-corrected chi connectivity index (χ0v) is 14.6. The smallest absolute Gasteiger partial charge is 0.315 e. The van der Waals surface area contributed by atoms with E-state index in [1.165, 1.54) is 11.1 Å². The van der Waals surface area contributed by atoms with Crippen molar-refractivity contribution in [2.24, 2.45) is 0 Å². The minimum Gasteiger partial charge on any atom is -0.334 e. The average molecular weight is 337 g/mol. The minimum absolute atomic E-state index is 0.0876. The number of benzene rings is 2. The Labute approximate surface area is 148 Å². The van der Waals surface area contributed by atoms with E-state index < -0.39 is 6.04 Å². The van der Waals surface area contributed by atoms with Gasteiger partial charge >= 0.3 is 6.03 Å². The summed E-state index contributed by atoms with van der Waals surface area (Å²) in [6.07, 6.45) is 0.855. The van der Waals surface area contributed by atoms with Crippen molar-refractivity contribution in [1.29, 1.82) is 0 Å². The van der Waals surface area contributed by atoms with Crippen LogP contribution in [0, 0.1) is 6.92 Å². The summed E-state index contributed by atoms with van der Waals surface area (Å²) in [4.78, 5) is 26.5. The van der Waals surface area contributed by atoms with Crippen molar-refractivity contribution >= 4 is 17.6 Å². The van der Waals surface area contributed by atoms with Crippen molar-refractivity contribution in [2.45, 2.75) is 32.9 Å². The van der Waals surface area contributed by atoms with Crippen LogP contribution >= 0.6 is 0 Å². The molecule has 130 valence electrons. The highest BCUT2D eigenvalue weighted by atomic mass is 16.2. The van der Waals surface area contributed by atoms with Crippen LogP contribution in [0.15, 0.2) is 48.5 Å². The minimum atomic E-state index is -0.579. The molecule has 25 heavy (non-hydrogen) atoms. The summed E-state index contributed by atoms with van der Waals surface area (Å²) in [6, 6.07) is 14.9. The number of nitrogens with one attached hydrogen (secondary N) is 2. The second kappa shape index (κ2) is 7.38. The number of fused-ring (bicyclic) bond motifs is 1. The third-order valence-electron chi connectivity index (χ3n) is 4.44. The summed E-state index contributed by atoms with van der Waals surface area (Å²) < 4.78 is 0. The van der Waals surface area contributed by atoms with Crippen molar-refractivity contribution < 1.29 is 9.59 Å². The van der Waals surface area contributed by atoms with Crippen molar-refractivity contribution in [2.75, 3.05) is 11.4 Å². The van der Waals surface area contributed by atoms with Crippen molar-refractivity contribution in [3.8, 4) is 0 Å². The molecule has 1 heterocycles. The Morgan fingerprint density at radius 3 is 2.60 bits per heavy atom. The molecule has 0 aromatic heterocycles. The molecular formula is C20H23N3O2. The number of para-hydroxylation sites is 1. The first-order chi connectivity index (χ1) is 12.0. The largest absolute Gasteiger partial charge is 0.334 e. The normalized spacial score (nSPS) is 13.9. The Morgan fingerprint density at radius 1 is 1.12 bits per heavy atom. The van der Waals surface area contributed by atoms with Gasteiger partial charge in [0.1, 0.15) is 6.04 Å². The number of aryl methyl sites for hydroxylation is 1. The van der Waals surface area contributed by atoms with E-state index in [1.54, 1.807) is 11.8 Å². The third-order valence-corrected chi connectivity index (χ3v) is 4.44. The molecule has 0 saturated heterocycles. The van der Waals surface area contributed by atoms with E-state index >= 15 is 0 Å². The zero-order chi connectivity index (χ0) is 17.8. The average Bonchev–Trinajstić information content (AvgIpc) is 3.04. The zero-order valence-electron chi connectivity index (χ0n) is 14.6. The van der Waals surface area contributed by atoms with Crippen LogP contribution in [0.25, 0.3) is 0 Å². The maximum Gasteiger partial charge on any atom is 0.315 e. The number of anilines is 1. The van der Waals surface area contributed by atoms with E-state index in [9.17, 15) is 9.59 Å². The van der Waals surface area contributed by atoms with Crippen LogP contribution in [-0.2, 0) is 17.8 Å². The van der Waals surface area contributed by atoms with Gasteiger partial charge in [-0.3, -0.25) is 4.79 Å². The first-order valence-electron chi connectivity index (χ1n) is 8.54. The molecule has 2 aromatic rings. The molecule has 0 bridgehead atoms. The molecule has 2 aromatic carbocycles. The number of hydrogen-bond donors (Lipinski definition) is 2. The van der Waals surface area contributed by atoms with Crippen LogP contribution < -0.4 is 15.5 Å². The summed E-state index contributed by atoms with van der Waals surface area (Å²) in [5, 5.41) is 5.52. The van der Waals surface area contributed by atoms with Gasteiger partial charge < -0.3 is 15.5 Å². The van der Waals surface area contributed by atoms with Gasteiger partial charge in [0.2, 0.25) is 5.91 Å². The lowest BCUT2D eigenvalue weighted by molar-refractivity contribution is -0.119. The maximum atomic E-state index is 12.6. The van der Waals surface area contributed by atoms with Gasteiger partial charge in [0.25, 0.3) is 0 Å². The van der Waals surface area contributed by atoms with Crippen molar-refractivity contribution in [3.05, 3.63) is 65.2 Å². The van der Waals surface area contributed by atoms with Gasteiger partial charge in [-0.1, -0.05) is 48.0 Å². The Morgan fingerprint density at radius 2 is 1.84 bits per heavy atom. The van der Waals surface area contributed by atoms with Crippen LogP contribution in [0.3, 0.4) is 0 Å². The maximum absolute atomic E-state index is 12.6. The Bertz CT molecular complexity index is 771. The van der Waals surface area contributed by atoms with E-state index in [4.69, 9.17) is 0 Å². The fourth-order valence-electron chi connectivity index (χ4n) is 3.00. The quantitative estimate of drug-likeness (QED) is 0.901. The van der Waals surface area contributed by atoms with Crippen molar-refractivity contribution in [1.82, 2.24) is 10.6 Å². The van der Waals surface area contributed by atoms with E-state index in [0.29, 0.717) is 13.1 Å². The lowest BCUT2D eigenvalue weighted by Gasteiger charge is -2.22. The van der Waals surface area contributed by atoms with Crippen LogP contribution in [0.4, 0.5) is 10.5 Å². The number of amides is 3. The first kappa shape index (κ1) is 17.0. The number of carbonyl (C=O) groups is 2. The molecule has 0 spiro atoms. The van der Waals surface area contributed by atoms with E-state index in [1.807, 2.05) is 55.5 Å². The molecule has 0 fully saturated rings. The van der Waals surface area contributed by atoms with Gasteiger partial charge in [-0.25, -0.2) is 4.79 Å². The highest BCUT2D eigenvalue weighted by Gasteiger charge is 2.28. The van der Waals surface area contributed by atoms with Gasteiger partial charge in [0, 0.05) is 18.8 Å². The molecule has 5 nitrogen and oxygen atoms in total. The van der Waals surface area contributed by atoms with Gasteiger partial charge in [-0.2, -0.15) is 0 Å². The Hall–Kier alpha value is -2.82. The Kier molecular flexibility index (Phi) is 5.03. The van der Waals surface area contributed by atoms with Gasteiger partial charge in [-0.05, 0) is 37.5 Å². The molecule has 2 N–H and O–H groups in total. The van der Waals surface area contributed by atoms with E-state index in [0.717, 1.165) is 17.7 Å². The lowest BCUT2D eigenvalue weighted by Crippen LogP contribution is -2.49.